The number of aromatic nitrogens is 3. The van der Waals surface area contributed by atoms with Gasteiger partial charge < -0.3 is 10.6 Å². The lowest BCUT2D eigenvalue weighted by Gasteiger charge is -2.11. The van der Waals surface area contributed by atoms with Gasteiger partial charge in [0.05, 0.1) is 0 Å². The molecule has 158 valence electrons. The van der Waals surface area contributed by atoms with Crippen molar-refractivity contribution >= 4 is 17.7 Å². The van der Waals surface area contributed by atoms with Crippen molar-refractivity contribution in [3.05, 3.63) is 46.4 Å². The summed E-state index contributed by atoms with van der Waals surface area (Å²) in [6.07, 6.45) is 4.85. The quantitative estimate of drug-likeness (QED) is 0.282. The van der Waals surface area contributed by atoms with Gasteiger partial charge in [-0.05, 0) is 55.7 Å². The fourth-order valence-electron chi connectivity index (χ4n) is 3.25. The molecule has 0 aliphatic carbocycles. The smallest absolute Gasteiger partial charge is 0.345 e. The molecule has 0 unspecified atom stereocenters. The number of aryl methyl sites for hydroxylation is 2. The fraction of sp³-hybridized carbons (Fsp3) is 0.550. The molecule has 0 fully saturated rings. The number of fused-ring (bicyclic) bond motifs is 1. The van der Waals surface area contributed by atoms with Gasteiger partial charge in [0.25, 0.3) is 0 Å². The van der Waals surface area contributed by atoms with E-state index in [-0.39, 0.29) is 11.5 Å². The first-order chi connectivity index (χ1) is 14.2. The third-order valence-corrected chi connectivity index (χ3v) is 5.89. The van der Waals surface area contributed by atoms with Crippen molar-refractivity contribution in [2.45, 2.75) is 50.1 Å². The van der Waals surface area contributed by atoms with Crippen molar-refractivity contribution in [2.75, 3.05) is 25.9 Å². The highest BCUT2D eigenvalue weighted by molar-refractivity contribution is 7.99. The van der Waals surface area contributed by atoms with E-state index >= 15 is 0 Å². The van der Waals surface area contributed by atoms with Gasteiger partial charge in [-0.15, -0.1) is 11.8 Å². The van der Waals surface area contributed by atoms with Crippen LogP contribution in [0.2, 0.25) is 0 Å². The molecule has 3 rings (SSSR count). The Labute approximate surface area is 174 Å². The van der Waals surface area contributed by atoms with Gasteiger partial charge in [-0.2, -0.15) is 5.10 Å². The zero-order valence-corrected chi connectivity index (χ0v) is 17.7. The number of thioether (sulfide) groups is 1. The van der Waals surface area contributed by atoms with Crippen molar-refractivity contribution in [1.82, 2.24) is 25.0 Å². The summed E-state index contributed by atoms with van der Waals surface area (Å²) in [5.41, 5.74) is 0.0147. The monoisotopic (exact) mass is 420 g/mol. The molecule has 0 spiro atoms. The van der Waals surface area contributed by atoms with E-state index < -0.39 is 0 Å². The Morgan fingerprint density at radius 2 is 1.97 bits per heavy atom. The molecule has 2 N–H and O–H groups in total. The van der Waals surface area contributed by atoms with E-state index in [1.165, 1.54) is 12.1 Å². The number of hydrogen-bond acceptors (Lipinski definition) is 4. The summed E-state index contributed by atoms with van der Waals surface area (Å²) in [4.78, 5) is 17.6. The van der Waals surface area contributed by atoms with Gasteiger partial charge >= 0.3 is 5.69 Å². The zero-order chi connectivity index (χ0) is 20.5. The predicted molar refractivity (Wildman–Crippen MR) is 115 cm³/mol. The standard InChI is InChI=1S/C20H29FN6OS/c1-22-19(24-12-5-15-29-17-9-7-16(21)8-10-17)23-11-4-14-27-20(28)26-13-3-2-6-18(26)25-27/h7-10H,2-6,11-15H2,1H3,(H2,22,23,24). The van der Waals surface area contributed by atoms with Crippen LogP contribution in [0.3, 0.4) is 0 Å². The maximum atomic E-state index is 12.9. The van der Waals surface area contributed by atoms with Crippen LogP contribution in [0, 0.1) is 5.82 Å². The van der Waals surface area contributed by atoms with E-state index in [9.17, 15) is 9.18 Å². The molecule has 0 saturated carbocycles. The van der Waals surface area contributed by atoms with E-state index in [2.05, 4.69) is 20.7 Å². The molecule has 1 aliphatic heterocycles. The van der Waals surface area contributed by atoms with Crippen molar-refractivity contribution in [3.8, 4) is 0 Å². The number of benzene rings is 1. The minimum atomic E-state index is -0.205. The van der Waals surface area contributed by atoms with Crippen LogP contribution in [0.1, 0.15) is 31.5 Å². The molecule has 2 heterocycles. The normalized spacial score (nSPS) is 13.9. The zero-order valence-electron chi connectivity index (χ0n) is 16.9. The van der Waals surface area contributed by atoms with Crippen molar-refractivity contribution in [3.63, 3.8) is 0 Å². The number of nitrogens with zero attached hydrogens (tertiary/aromatic N) is 4. The van der Waals surface area contributed by atoms with E-state index in [0.29, 0.717) is 6.54 Å². The van der Waals surface area contributed by atoms with E-state index in [0.717, 1.165) is 74.2 Å². The molecule has 9 heteroatoms. The van der Waals surface area contributed by atoms with Gasteiger partial charge in [0.1, 0.15) is 11.6 Å². The lowest BCUT2D eigenvalue weighted by atomic mass is 10.2. The highest BCUT2D eigenvalue weighted by atomic mass is 32.2. The summed E-state index contributed by atoms with van der Waals surface area (Å²) in [5, 5.41) is 11.0. The maximum absolute atomic E-state index is 12.9. The van der Waals surface area contributed by atoms with Crippen molar-refractivity contribution in [2.24, 2.45) is 4.99 Å². The van der Waals surface area contributed by atoms with Gasteiger partial charge in [-0.3, -0.25) is 9.56 Å². The van der Waals surface area contributed by atoms with Crippen LogP contribution in [0.4, 0.5) is 4.39 Å². The Hall–Kier alpha value is -2.29. The molecule has 2 aromatic rings. The third-order valence-electron chi connectivity index (χ3n) is 4.79. The van der Waals surface area contributed by atoms with Gasteiger partial charge in [0.2, 0.25) is 0 Å². The number of halogens is 1. The second-order valence-electron chi connectivity index (χ2n) is 6.97. The molecule has 29 heavy (non-hydrogen) atoms. The first kappa shape index (κ1) is 21.4. The average molecular weight is 421 g/mol. The molecule has 0 bridgehead atoms. The molecule has 1 aromatic carbocycles. The minimum Gasteiger partial charge on any atom is -0.356 e. The SMILES string of the molecule is CN=C(NCCCSc1ccc(F)cc1)NCCCn1nc2n(c1=O)CCCC2. The van der Waals surface area contributed by atoms with Gasteiger partial charge in [-0.25, -0.2) is 13.9 Å². The molecule has 1 aromatic heterocycles. The number of hydrogen-bond donors (Lipinski definition) is 2. The molecular weight excluding hydrogens is 391 g/mol. The first-order valence-electron chi connectivity index (χ1n) is 10.2. The van der Waals surface area contributed by atoms with Gasteiger partial charge in [0.15, 0.2) is 5.96 Å². The van der Waals surface area contributed by atoms with Crippen LogP contribution in [0.5, 0.6) is 0 Å². The number of aliphatic imine (C=N–C) groups is 1. The van der Waals surface area contributed by atoms with E-state index in [1.807, 2.05) is 0 Å². The highest BCUT2D eigenvalue weighted by Gasteiger charge is 2.16. The Morgan fingerprint density at radius 1 is 1.21 bits per heavy atom. The molecule has 7 nitrogen and oxygen atoms in total. The molecule has 0 amide bonds. The van der Waals surface area contributed by atoms with Gasteiger partial charge in [-0.1, -0.05) is 0 Å². The molecule has 1 aliphatic rings. The summed E-state index contributed by atoms with van der Waals surface area (Å²) in [6, 6.07) is 6.57. The topological polar surface area (TPSA) is 76.2 Å². The molecular formula is C20H29FN6OS. The van der Waals surface area contributed by atoms with Crippen LogP contribution in [-0.2, 0) is 19.5 Å². The summed E-state index contributed by atoms with van der Waals surface area (Å²) < 4.78 is 16.3. The fourth-order valence-corrected chi connectivity index (χ4v) is 4.10. The second-order valence-corrected chi connectivity index (χ2v) is 8.13. The van der Waals surface area contributed by atoms with Crippen LogP contribution in [0.15, 0.2) is 38.9 Å². The average Bonchev–Trinajstić information content (AvgIpc) is 3.06. The number of rotatable bonds is 9. The molecule has 0 radical (unpaired) electrons. The Balaban J connectivity index is 1.30. The predicted octanol–water partition coefficient (Wildman–Crippen LogP) is 2.26. The lowest BCUT2D eigenvalue weighted by molar-refractivity contribution is 0.509. The van der Waals surface area contributed by atoms with Crippen LogP contribution in [0.25, 0.3) is 0 Å². The van der Waals surface area contributed by atoms with Gasteiger partial charge in [0, 0.05) is 44.5 Å². The second kappa shape index (κ2) is 11.0. The number of nitrogens with one attached hydrogen (secondary N) is 2. The summed E-state index contributed by atoms with van der Waals surface area (Å²) in [6.45, 7) is 2.93. The molecule has 0 saturated heterocycles. The van der Waals surface area contributed by atoms with E-state index in [1.54, 1.807) is 40.2 Å². The Bertz CT molecular complexity index is 861. The first-order valence-corrected chi connectivity index (χ1v) is 11.2. The minimum absolute atomic E-state index is 0.0147. The van der Waals surface area contributed by atoms with E-state index in [4.69, 9.17) is 0 Å². The third kappa shape index (κ3) is 6.35. The van der Waals surface area contributed by atoms with Crippen LogP contribution < -0.4 is 16.3 Å². The maximum Gasteiger partial charge on any atom is 0.345 e. The number of guanidine groups is 1. The van der Waals surface area contributed by atoms with Crippen molar-refractivity contribution in [1.29, 1.82) is 0 Å². The highest BCUT2D eigenvalue weighted by Crippen LogP contribution is 2.18. The summed E-state index contributed by atoms with van der Waals surface area (Å²) in [7, 11) is 1.75. The van der Waals surface area contributed by atoms with Crippen LogP contribution in [-0.4, -0.2) is 46.2 Å². The van der Waals surface area contributed by atoms with Crippen LogP contribution >= 0.6 is 11.8 Å². The summed E-state index contributed by atoms with van der Waals surface area (Å²) in [5.74, 6) is 2.42. The lowest BCUT2D eigenvalue weighted by Crippen LogP contribution is -2.38. The molecule has 0 atom stereocenters. The summed E-state index contributed by atoms with van der Waals surface area (Å²) >= 11 is 1.71. The van der Waals surface area contributed by atoms with Crippen molar-refractivity contribution < 1.29 is 4.39 Å². The largest absolute Gasteiger partial charge is 0.356 e. The Kier molecular flexibility index (Phi) is 8.15. The Morgan fingerprint density at radius 3 is 2.69 bits per heavy atom.